The van der Waals surface area contributed by atoms with E-state index in [1.807, 2.05) is 30.3 Å². The quantitative estimate of drug-likeness (QED) is 0.743. The lowest BCUT2D eigenvalue weighted by molar-refractivity contribution is 0.414. The number of hydrogen-bond donors (Lipinski definition) is 1. The number of nitrogens with two attached hydrogens (primary N) is 1. The minimum atomic E-state index is -0.121. The van der Waals surface area contributed by atoms with Crippen LogP contribution in [0.2, 0.25) is 0 Å². The van der Waals surface area contributed by atoms with E-state index in [-0.39, 0.29) is 6.04 Å². The van der Waals surface area contributed by atoms with Gasteiger partial charge in [-0.3, -0.25) is 0 Å². The third-order valence-electron chi connectivity index (χ3n) is 3.39. The fraction of sp³-hybridized carbons (Fsp3) is 0.125. The molecule has 2 nitrogen and oxygen atoms in total. The molecule has 0 fully saturated rings. The Kier molecular flexibility index (Phi) is 3.78. The van der Waals surface area contributed by atoms with Gasteiger partial charge in [0.25, 0.3) is 0 Å². The Morgan fingerprint density at radius 1 is 1.15 bits per heavy atom. The minimum absolute atomic E-state index is 0.121. The van der Waals surface area contributed by atoms with Gasteiger partial charge < -0.3 is 10.5 Å². The molecule has 1 heterocycles. The molecule has 0 radical (unpaired) electrons. The molecule has 0 saturated carbocycles. The van der Waals surface area contributed by atoms with Crippen LogP contribution in [0, 0.1) is 0 Å². The van der Waals surface area contributed by atoms with Crippen molar-refractivity contribution in [3.8, 4) is 5.75 Å². The molecule has 0 spiro atoms. The number of benzene rings is 2. The van der Waals surface area contributed by atoms with Crippen molar-refractivity contribution in [3.63, 3.8) is 0 Å². The molecule has 3 aromatic rings. The molecule has 0 aliphatic heterocycles. The van der Waals surface area contributed by atoms with E-state index in [4.69, 9.17) is 10.5 Å². The Morgan fingerprint density at radius 2 is 1.90 bits per heavy atom. The minimum Gasteiger partial charge on any atom is -0.497 e. The van der Waals surface area contributed by atoms with Crippen molar-refractivity contribution in [2.24, 2.45) is 5.73 Å². The molecule has 20 heavy (non-hydrogen) atoms. The molecule has 2 N–H and O–H groups in total. The van der Waals surface area contributed by atoms with Crippen LogP contribution in [0.3, 0.4) is 0 Å². The van der Waals surface area contributed by atoms with Gasteiger partial charge in [-0.15, -0.1) is 11.3 Å². The predicted octanol–water partition coefficient (Wildman–Crippen LogP) is 4.72. The van der Waals surface area contributed by atoms with Crippen LogP contribution in [0.5, 0.6) is 5.75 Å². The first-order chi connectivity index (χ1) is 9.70. The highest BCUT2D eigenvalue weighted by atomic mass is 79.9. The second-order valence-electron chi connectivity index (χ2n) is 4.56. The normalized spacial score (nSPS) is 12.6. The third kappa shape index (κ3) is 2.35. The van der Waals surface area contributed by atoms with Crippen molar-refractivity contribution < 1.29 is 4.74 Å². The van der Waals surface area contributed by atoms with Crippen molar-refractivity contribution in [2.75, 3.05) is 7.11 Å². The first kappa shape index (κ1) is 13.6. The monoisotopic (exact) mass is 347 g/mol. The van der Waals surface area contributed by atoms with Crippen LogP contribution < -0.4 is 10.5 Å². The summed E-state index contributed by atoms with van der Waals surface area (Å²) in [6, 6.07) is 14.0. The zero-order chi connectivity index (χ0) is 14.1. The predicted molar refractivity (Wildman–Crippen MR) is 88.5 cm³/mol. The summed E-state index contributed by atoms with van der Waals surface area (Å²) in [5.74, 6) is 0.846. The number of methoxy groups -OCH3 is 1. The van der Waals surface area contributed by atoms with Crippen LogP contribution in [0.15, 0.2) is 52.3 Å². The van der Waals surface area contributed by atoms with Crippen LogP contribution in [0.4, 0.5) is 0 Å². The molecule has 4 heteroatoms. The highest BCUT2D eigenvalue weighted by molar-refractivity contribution is 9.10. The Morgan fingerprint density at radius 3 is 2.60 bits per heavy atom. The number of hydrogen-bond acceptors (Lipinski definition) is 3. The number of rotatable bonds is 3. The second-order valence-corrected chi connectivity index (χ2v) is 6.29. The Hall–Kier alpha value is -1.36. The van der Waals surface area contributed by atoms with Gasteiger partial charge in [0.05, 0.1) is 13.2 Å². The number of fused-ring (bicyclic) bond motifs is 1. The van der Waals surface area contributed by atoms with Crippen LogP contribution in [-0.4, -0.2) is 7.11 Å². The van der Waals surface area contributed by atoms with Gasteiger partial charge >= 0.3 is 0 Å². The van der Waals surface area contributed by atoms with Gasteiger partial charge in [0, 0.05) is 9.17 Å². The van der Waals surface area contributed by atoms with Crippen LogP contribution in [0.25, 0.3) is 10.1 Å². The Labute approximate surface area is 130 Å². The summed E-state index contributed by atoms with van der Waals surface area (Å²) >= 11 is 5.31. The van der Waals surface area contributed by atoms with Crippen molar-refractivity contribution in [3.05, 3.63) is 63.4 Å². The van der Waals surface area contributed by atoms with E-state index in [0.29, 0.717) is 0 Å². The van der Waals surface area contributed by atoms with E-state index < -0.39 is 0 Å². The van der Waals surface area contributed by atoms with Crippen molar-refractivity contribution in [1.29, 1.82) is 0 Å². The van der Waals surface area contributed by atoms with E-state index in [1.54, 1.807) is 18.4 Å². The number of thiophene rings is 1. The SMILES string of the molecule is COc1ccc(C(N)c2csc3c(Br)cccc23)cc1. The topological polar surface area (TPSA) is 35.2 Å². The molecule has 0 saturated heterocycles. The first-order valence-electron chi connectivity index (χ1n) is 6.26. The van der Waals surface area contributed by atoms with E-state index in [1.165, 1.54) is 10.1 Å². The molecule has 0 bridgehead atoms. The van der Waals surface area contributed by atoms with Crippen molar-refractivity contribution in [2.45, 2.75) is 6.04 Å². The van der Waals surface area contributed by atoms with Crippen LogP contribution in [0.1, 0.15) is 17.2 Å². The lowest BCUT2D eigenvalue weighted by Crippen LogP contribution is -2.11. The highest BCUT2D eigenvalue weighted by Crippen LogP contribution is 2.36. The van der Waals surface area contributed by atoms with Crippen molar-refractivity contribution >= 4 is 37.4 Å². The lowest BCUT2D eigenvalue weighted by atomic mass is 9.99. The maximum absolute atomic E-state index is 6.42. The summed E-state index contributed by atoms with van der Waals surface area (Å²) in [6.45, 7) is 0. The molecule has 1 aromatic heterocycles. The highest BCUT2D eigenvalue weighted by Gasteiger charge is 2.15. The fourth-order valence-electron chi connectivity index (χ4n) is 2.27. The molecule has 0 aliphatic carbocycles. The average Bonchev–Trinajstić information content (AvgIpc) is 2.92. The van der Waals surface area contributed by atoms with Crippen LogP contribution >= 0.6 is 27.3 Å². The van der Waals surface area contributed by atoms with Gasteiger partial charge in [0.1, 0.15) is 5.75 Å². The lowest BCUT2D eigenvalue weighted by Gasteiger charge is -2.12. The first-order valence-corrected chi connectivity index (χ1v) is 7.93. The summed E-state index contributed by atoms with van der Waals surface area (Å²) in [7, 11) is 1.67. The third-order valence-corrected chi connectivity index (χ3v) is 5.36. The summed E-state index contributed by atoms with van der Waals surface area (Å²) in [5.41, 5.74) is 8.67. The van der Waals surface area contributed by atoms with Gasteiger partial charge in [-0.2, -0.15) is 0 Å². The van der Waals surface area contributed by atoms with Crippen LogP contribution in [-0.2, 0) is 0 Å². The molecular formula is C16H14BrNOS. The van der Waals surface area contributed by atoms with Gasteiger partial charge in [-0.25, -0.2) is 0 Å². The standard InChI is InChI=1S/C16H14BrNOS/c1-19-11-7-5-10(6-8-11)15(18)13-9-20-16-12(13)3-2-4-14(16)17/h2-9,15H,18H2,1H3. The fourth-order valence-corrected chi connectivity index (χ4v) is 3.93. The summed E-state index contributed by atoms with van der Waals surface area (Å²) in [6.07, 6.45) is 0. The smallest absolute Gasteiger partial charge is 0.118 e. The van der Waals surface area contributed by atoms with E-state index in [0.717, 1.165) is 21.3 Å². The molecule has 102 valence electrons. The molecule has 0 aliphatic rings. The maximum Gasteiger partial charge on any atom is 0.118 e. The molecule has 3 rings (SSSR count). The van der Waals surface area contributed by atoms with Gasteiger partial charge in [0.2, 0.25) is 0 Å². The second kappa shape index (κ2) is 5.56. The van der Waals surface area contributed by atoms with E-state index >= 15 is 0 Å². The van der Waals surface area contributed by atoms with Crippen molar-refractivity contribution in [1.82, 2.24) is 0 Å². The number of ether oxygens (including phenoxy) is 1. The molecule has 2 aromatic carbocycles. The zero-order valence-electron chi connectivity index (χ0n) is 11.0. The molecule has 1 unspecified atom stereocenters. The van der Waals surface area contributed by atoms with E-state index in [2.05, 4.69) is 33.4 Å². The summed E-state index contributed by atoms with van der Waals surface area (Å²) in [5, 5.41) is 3.36. The van der Waals surface area contributed by atoms with Gasteiger partial charge in [0.15, 0.2) is 0 Å². The molecule has 1 atom stereocenters. The molecular weight excluding hydrogens is 334 g/mol. The maximum atomic E-state index is 6.42. The zero-order valence-corrected chi connectivity index (χ0v) is 13.4. The summed E-state index contributed by atoms with van der Waals surface area (Å²) < 4.78 is 7.54. The van der Waals surface area contributed by atoms with E-state index in [9.17, 15) is 0 Å². The number of halogens is 1. The van der Waals surface area contributed by atoms with Gasteiger partial charge in [-0.1, -0.05) is 24.3 Å². The average molecular weight is 348 g/mol. The van der Waals surface area contributed by atoms with Gasteiger partial charge in [-0.05, 0) is 56.0 Å². The Balaban J connectivity index is 2.03. The largest absolute Gasteiger partial charge is 0.497 e. The Bertz CT molecular complexity index is 736. The molecule has 0 amide bonds. The summed E-state index contributed by atoms with van der Waals surface area (Å²) in [4.78, 5) is 0.